The molecule has 1 aliphatic rings. The van der Waals surface area contributed by atoms with Crippen molar-refractivity contribution >= 4 is 5.97 Å². The van der Waals surface area contributed by atoms with Crippen molar-refractivity contribution in [2.45, 2.75) is 31.5 Å². The third-order valence-electron chi connectivity index (χ3n) is 3.98. The molecule has 9 heteroatoms. The number of rotatable bonds is 3. The summed E-state index contributed by atoms with van der Waals surface area (Å²) in [5.74, 6) is -3.46. The SMILES string of the molecule is O=C(O)c1cc(-c2ccc(F)cc2F)c2c(n1)O[C@@H](CC(F)(F)F)CC2. The van der Waals surface area contributed by atoms with E-state index in [2.05, 4.69) is 4.98 Å². The Balaban J connectivity index is 2.08. The van der Waals surface area contributed by atoms with Crippen molar-refractivity contribution in [3.8, 4) is 17.0 Å². The molecule has 3 rings (SSSR count). The number of pyridine rings is 1. The summed E-state index contributed by atoms with van der Waals surface area (Å²) >= 11 is 0. The fourth-order valence-electron chi connectivity index (χ4n) is 2.87. The summed E-state index contributed by atoms with van der Waals surface area (Å²) in [5, 5.41) is 9.17. The topological polar surface area (TPSA) is 59.4 Å². The van der Waals surface area contributed by atoms with E-state index >= 15 is 0 Å². The Bertz CT molecular complexity index is 866. The molecule has 1 aliphatic heterocycles. The van der Waals surface area contributed by atoms with E-state index in [4.69, 9.17) is 4.74 Å². The molecule has 4 nitrogen and oxygen atoms in total. The second-order valence-electron chi connectivity index (χ2n) is 5.87. The number of ether oxygens (including phenoxy) is 1. The van der Waals surface area contributed by atoms with Crippen LogP contribution >= 0.6 is 0 Å². The van der Waals surface area contributed by atoms with Crippen LogP contribution in [0.2, 0.25) is 0 Å². The van der Waals surface area contributed by atoms with Crippen molar-refractivity contribution in [1.29, 1.82) is 0 Å². The molecular weight excluding hydrogens is 361 g/mol. The van der Waals surface area contributed by atoms with Crippen molar-refractivity contribution in [2.75, 3.05) is 0 Å². The number of nitrogens with zero attached hydrogens (tertiary/aromatic N) is 1. The molecule has 2 heterocycles. The minimum Gasteiger partial charge on any atom is -0.477 e. The van der Waals surface area contributed by atoms with Gasteiger partial charge in [-0.25, -0.2) is 18.6 Å². The Morgan fingerprint density at radius 1 is 1.23 bits per heavy atom. The number of carboxylic acid groups (broad SMARTS) is 1. The van der Waals surface area contributed by atoms with Gasteiger partial charge in [-0.3, -0.25) is 0 Å². The van der Waals surface area contributed by atoms with Crippen LogP contribution in [-0.2, 0) is 6.42 Å². The maximum Gasteiger partial charge on any atom is 0.392 e. The number of carboxylic acids is 1. The van der Waals surface area contributed by atoms with Crippen LogP contribution in [0.3, 0.4) is 0 Å². The highest BCUT2D eigenvalue weighted by Gasteiger charge is 2.36. The first-order valence-electron chi connectivity index (χ1n) is 7.60. The zero-order valence-electron chi connectivity index (χ0n) is 13.1. The smallest absolute Gasteiger partial charge is 0.392 e. The average Bonchev–Trinajstić information content (AvgIpc) is 2.52. The quantitative estimate of drug-likeness (QED) is 0.812. The minimum atomic E-state index is -4.45. The molecule has 0 radical (unpaired) electrons. The lowest BCUT2D eigenvalue weighted by molar-refractivity contribution is -0.152. The molecule has 0 spiro atoms. The number of carbonyl (C=O) groups is 1. The van der Waals surface area contributed by atoms with Gasteiger partial charge in [0.05, 0.1) is 6.42 Å². The van der Waals surface area contributed by atoms with E-state index < -0.39 is 42.0 Å². The first-order chi connectivity index (χ1) is 12.1. The van der Waals surface area contributed by atoms with Gasteiger partial charge in [0, 0.05) is 17.2 Å². The van der Waals surface area contributed by atoms with Crippen LogP contribution in [0.15, 0.2) is 24.3 Å². The fraction of sp³-hybridized carbons (Fsp3) is 0.294. The van der Waals surface area contributed by atoms with Gasteiger partial charge in [-0.15, -0.1) is 0 Å². The monoisotopic (exact) mass is 373 g/mol. The minimum absolute atomic E-state index is 0.0103. The fourth-order valence-corrected chi connectivity index (χ4v) is 2.87. The van der Waals surface area contributed by atoms with E-state index in [0.717, 1.165) is 18.2 Å². The first kappa shape index (κ1) is 18.1. The number of fused-ring (bicyclic) bond motifs is 1. The molecule has 1 aromatic carbocycles. The molecule has 0 saturated heterocycles. The summed E-state index contributed by atoms with van der Waals surface area (Å²) in [5.41, 5.74) is -0.185. The summed E-state index contributed by atoms with van der Waals surface area (Å²) in [7, 11) is 0. The number of halogens is 5. The molecule has 0 saturated carbocycles. The Hall–Kier alpha value is -2.71. The maximum atomic E-state index is 14.1. The Morgan fingerprint density at radius 2 is 1.96 bits per heavy atom. The Kier molecular flexibility index (Phi) is 4.55. The number of hydrogen-bond acceptors (Lipinski definition) is 3. The van der Waals surface area contributed by atoms with Crippen molar-refractivity contribution in [2.24, 2.45) is 0 Å². The van der Waals surface area contributed by atoms with Crippen LogP contribution in [-0.4, -0.2) is 28.3 Å². The molecule has 138 valence electrons. The van der Waals surface area contributed by atoms with E-state index in [-0.39, 0.29) is 29.8 Å². The number of alkyl halides is 3. The van der Waals surface area contributed by atoms with Crippen LogP contribution in [0.1, 0.15) is 28.9 Å². The number of hydrogen-bond donors (Lipinski definition) is 1. The zero-order chi connectivity index (χ0) is 19.1. The molecule has 0 unspecified atom stereocenters. The summed E-state index contributed by atoms with van der Waals surface area (Å²) in [4.78, 5) is 15.0. The van der Waals surface area contributed by atoms with Gasteiger partial charge in [-0.05, 0) is 36.6 Å². The molecular formula is C17H12F5NO3. The second kappa shape index (κ2) is 6.54. The number of aromatic nitrogens is 1. The molecule has 2 aromatic rings. The summed E-state index contributed by atoms with van der Waals surface area (Å²) in [6.07, 6.45) is -6.75. The van der Waals surface area contributed by atoms with Gasteiger partial charge in [0.25, 0.3) is 0 Å². The molecule has 0 amide bonds. The van der Waals surface area contributed by atoms with E-state index in [9.17, 15) is 31.9 Å². The molecule has 26 heavy (non-hydrogen) atoms. The normalized spacial score (nSPS) is 16.7. The van der Waals surface area contributed by atoms with Gasteiger partial charge in [-0.1, -0.05) is 0 Å². The highest BCUT2D eigenvalue weighted by molar-refractivity contribution is 5.88. The first-order valence-corrected chi connectivity index (χ1v) is 7.60. The molecule has 1 aromatic heterocycles. The molecule has 1 atom stereocenters. The second-order valence-corrected chi connectivity index (χ2v) is 5.87. The Morgan fingerprint density at radius 3 is 2.58 bits per heavy atom. The van der Waals surface area contributed by atoms with Crippen LogP contribution < -0.4 is 4.74 Å². The van der Waals surface area contributed by atoms with E-state index in [1.165, 1.54) is 0 Å². The molecule has 1 N–H and O–H groups in total. The maximum absolute atomic E-state index is 14.1. The van der Waals surface area contributed by atoms with Crippen molar-refractivity contribution < 1.29 is 36.6 Å². The van der Waals surface area contributed by atoms with Crippen LogP contribution in [0.5, 0.6) is 5.88 Å². The number of aromatic carboxylic acids is 1. The zero-order valence-corrected chi connectivity index (χ0v) is 13.1. The highest BCUT2D eigenvalue weighted by Crippen LogP contribution is 2.38. The van der Waals surface area contributed by atoms with Gasteiger partial charge in [0.2, 0.25) is 5.88 Å². The van der Waals surface area contributed by atoms with Crippen LogP contribution in [0, 0.1) is 11.6 Å². The van der Waals surface area contributed by atoms with E-state index in [1.54, 1.807) is 0 Å². The summed E-state index contributed by atoms with van der Waals surface area (Å²) < 4.78 is 70.3. The lowest BCUT2D eigenvalue weighted by Gasteiger charge is -2.27. The van der Waals surface area contributed by atoms with Gasteiger partial charge in [0.1, 0.15) is 17.7 Å². The summed E-state index contributed by atoms with van der Waals surface area (Å²) in [6, 6.07) is 3.87. The van der Waals surface area contributed by atoms with Gasteiger partial charge < -0.3 is 9.84 Å². The standard InChI is InChI=1S/C17H12F5NO3/c18-8-1-3-10(13(19)5-8)12-6-14(16(24)25)23-15-11(12)4-2-9(26-15)7-17(20,21)22/h1,3,5-6,9H,2,4,7H2,(H,24,25)/t9-/m1/s1. The van der Waals surface area contributed by atoms with Gasteiger partial charge >= 0.3 is 12.1 Å². The van der Waals surface area contributed by atoms with Crippen LogP contribution in [0.4, 0.5) is 22.0 Å². The Labute approximate surface area is 144 Å². The molecule has 0 aliphatic carbocycles. The largest absolute Gasteiger partial charge is 0.477 e. The van der Waals surface area contributed by atoms with Gasteiger partial charge in [0.15, 0.2) is 5.69 Å². The highest BCUT2D eigenvalue weighted by atomic mass is 19.4. The lowest BCUT2D eigenvalue weighted by Crippen LogP contribution is -2.29. The van der Waals surface area contributed by atoms with E-state index in [0.29, 0.717) is 11.6 Å². The van der Waals surface area contributed by atoms with Crippen molar-refractivity contribution in [3.05, 3.63) is 47.2 Å². The van der Waals surface area contributed by atoms with Crippen LogP contribution in [0.25, 0.3) is 11.1 Å². The van der Waals surface area contributed by atoms with Crippen molar-refractivity contribution in [1.82, 2.24) is 4.98 Å². The summed E-state index contributed by atoms with van der Waals surface area (Å²) in [6.45, 7) is 0. The molecule has 0 bridgehead atoms. The molecule has 0 fully saturated rings. The van der Waals surface area contributed by atoms with Crippen molar-refractivity contribution in [3.63, 3.8) is 0 Å². The number of benzene rings is 1. The average molecular weight is 373 g/mol. The lowest BCUT2D eigenvalue weighted by atomic mass is 9.93. The third kappa shape index (κ3) is 3.76. The van der Waals surface area contributed by atoms with Gasteiger partial charge in [-0.2, -0.15) is 13.2 Å². The predicted octanol–water partition coefficient (Wildman–Crippen LogP) is 4.37. The van der Waals surface area contributed by atoms with E-state index in [1.807, 2.05) is 0 Å². The predicted molar refractivity (Wildman–Crippen MR) is 80.0 cm³/mol. The third-order valence-corrected chi connectivity index (χ3v) is 3.98.